The molecule has 2 atom stereocenters. The first-order valence-corrected chi connectivity index (χ1v) is 7.22. The maximum absolute atomic E-state index is 6.59. The summed E-state index contributed by atoms with van der Waals surface area (Å²) in [7, 11) is 2.16. The molecule has 4 nitrogen and oxygen atoms in total. The lowest BCUT2D eigenvalue weighted by atomic mass is 9.75. The summed E-state index contributed by atoms with van der Waals surface area (Å²) in [5, 5.41) is 0. The highest BCUT2D eigenvalue weighted by molar-refractivity contribution is 5.32. The molecule has 19 heavy (non-hydrogen) atoms. The van der Waals surface area contributed by atoms with Crippen molar-refractivity contribution in [1.82, 2.24) is 4.90 Å². The van der Waals surface area contributed by atoms with Crippen LogP contribution in [0.1, 0.15) is 26.7 Å². The Hall–Kier alpha value is -0.840. The zero-order chi connectivity index (χ0) is 14.0. The number of nitrogens with two attached hydrogens (primary N) is 2. The van der Waals surface area contributed by atoms with Crippen LogP contribution in [0.3, 0.4) is 0 Å². The van der Waals surface area contributed by atoms with Crippen molar-refractivity contribution in [2.45, 2.75) is 44.4 Å². The minimum absolute atomic E-state index is 0.130. The molecule has 0 bridgehead atoms. The highest BCUT2D eigenvalue weighted by Crippen LogP contribution is 2.32. The lowest BCUT2D eigenvalue weighted by Gasteiger charge is -2.40. The summed E-state index contributed by atoms with van der Waals surface area (Å²) in [4.78, 5) is 2.35. The van der Waals surface area contributed by atoms with Crippen LogP contribution in [-0.4, -0.2) is 42.7 Å². The molecule has 0 amide bonds. The molecule has 0 radical (unpaired) electrons. The molecule has 2 aliphatic rings. The van der Waals surface area contributed by atoms with Crippen LogP contribution in [0, 0.1) is 5.92 Å². The Labute approximate surface area is 116 Å². The summed E-state index contributed by atoms with van der Waals surface area (Å²) in [6.07, 6.45) is 8.48. The van der Waals surface area contributed by atoms with Gasteiger partial charge in [-0.1, -0.05) is 12.2 Å². The molecule has 0 aromatic carbocycles. The van der Waals surface area contributed by atoms with Crippen molar-refractivity contribution < 1.29 is 4.74 Å². The van der Waals surface area contributed by atoms with E-state index in [0.29, 0.717) is 5.92 Å². The van der Waals surface area contributed by atoms with E-state index in [2.05, 4.69) is 18.0 Å². The number of rotatable bonds is 3. The van der Waals surface area contributed by atoms with Crippen LogP contribution in [0.15, 0.2) is 24.0 Å². The first kappa shape index (κ1) is 14.6. The second-order valence-electron chi connectivity index (χ2n) is 6.18. The average Bonchev–Trinajstić information content (AvgIpc) is 2.34. The zero-order valence-corrected chi connectivity index (χ0v) is 12.3. The Morgan fingerprint density at radius 1 is 1.37 bits per heavy atom. The monoisotopic (exact) mass is 265 g/mol. The van der Waals surface area contributed by atoms with Gasteiger partial charge in [0.25, 0.3) is 0 Å². The third-order valence-corrected chi connectivity index (χ3v) is 4.11. The molecule has 1 aliphatic carbocycles. The highest BCUT2D eigenvalue weighted by atomic mass is 16.5. The fraction of sp³-hybridized carbons (Fsp3) is 0.733. The van der Waals surface area contributed by atoms with Gasteiger partial charge in [-0.15, -0.1) is 0 Å². The Balaban J connectivity index is 2.13. The van der Waals surface area contributed by atoms with Crippen LogP contribution < -0.4 is 11.5 Å². The second-order valence-corrected chi connectivity index (χ2v) is 6.18. The van der Waals surface area contributed by atoms with Crippen molar-refractivity contribution >= 4 is 0 Å². The van der Waals surface area contributed by atoms with E-state index in [4.69, 9.17) is 16.2 Å². The third kappa shape index (κ3) is 3.38. The molecule has 1 fully saturated rings. The molecule has 0 spiro atoms. The number of nitrogens with zero attached hydrogens (tertiary/aromatic N) is 1. The number of likely N-dealkylation sites (tertiary alicyclic amines) is 1. The summed E-state index contributed by atoms with van der Waals surface area (Å²) in [5.74, 6) is 1.29. The first-order valence-electron chi connectivity index (χ1n) is 7.22. The smallest absolute Gasteiger partial charge is 0.115 e. The van der Waals surface area contributed by atoms with Gasteiger partial charge >= 0.3 is 0 Å². The fourth-order valence-corrected chi connectivity index (χ4v) is 2.90. The van der Waals surface area contributed by atoms with E-state index >= 15 is 0 Å². The highest BCUT2D eigenvalue weighted by Gasteiger charge is 2.36. The minimum atomic E-state index is -0.401. The Morgan fingerprint density at radius 3 is 2.58 bits per heavy atom. The van der Waals surface area contributed by atoms with Crippen molar-refractivity contribution in [3.63, 3.8) is 0 Å². The van der Waals surface area contributed by atoms with Crippen LogP contribution in [0.5, 0.6) is 0 Å². The predicted molar refractivity (Wildman–Crippen MR) is 78.6 cm³/mol. The molecule has 108 valence electrons. The van der Waals surface area contributed by atoms with Gasteiger partial charge in [-0.3, -0.25) is 0 Å². The van der Waals surface area contributed by atoms with Gasteiger partial charge in [-0.25, -0.2) is 0 Å². The molecule has 1 heterocycles. The normalized spacial score (nSPS) is 33.6. The van der Waals surface area contributed by atoms with Gasteiger partial charge in [0.05, 0.1) is 17.7 Å². The van der Waals surface area contributed by atoms with Crippen LogP contribution in [0.4, 0.5) is 0 Å². The first-order chi connectivity index (χ1) is 8.90. The Kier molecular flexibility index (Phi) is 4.33. The Bertz CT molecular complexity index is 370. The number of piperidine rings is 1. The molecule has 4 N–H and O–H groups in total. The quantitative estimate of drug-likeness (QED) is 0.753. The van der Waals surface area contributed by atoms with Crippen LogP contribution in [-0.2, 0) is 4.74 Å². The molecule has 0 aromatic rings. The standard InChI is InChI=1S/C15H27N3O/c1-11(2)19-14-10-15(17,7-4-13(14)16)12-5-8-18(3)9-6-12/h4,7,10-13H,5-6,8-9,16-17H2,1-3H3. The summed E-state index contributed by atoms with van der Waals surface area (Å²) in [6.45, 7) is 6.24. The largest absolute Gasteiger partial charge is 0.494 e. The summed E-state index contributed by atoms with van der Waals surface area (Å²) in [6, 6.07) is -0.162. The molecule has 1 aliphatic heterocycles. The van der Waals surface area contributed by atoms with Crippen LogP contribution >= 0.6 is 0 Å². The lowest BCUT2D eigenvalue weighted by molar-refractivity contribution is 0.129. The molecular weight excluding hydrogens is 238 g/mol. The van der Waals surface area contributed by atoms with Crippen molar-refractivity contribution in [2.75, 3.05) is 20.1 Å². The minimum Gasteiger partial charge on any atom is -0.494 e. The predicted octanol–water partition coefficient (Wildman–Crippen LogP) is 1.23. The second kappa shape index (κ2) is 5.65. The molecule has 0 aromatic heterocycles. The number of hydrogen-bond acceptors (Lipinski definition) is 4. The van der Waals surface area contributed by atoms with Crippen LogP contribution in [0.2, 0.25) is 0 Å². The molecule has 1 saturated heterocycles. The van der Waals surface area contributed by atoms with Gasteiger partial charge in [0.15, 0.2) is 0 Å². The maximum Gasteiger partial charge on any atom is 0.115 e. The zero-order valence-electron chi connectivity index (χ0n) is 12.3. The Morgan fingerprint density at radius 2 is 2.00 bits per heavy atom. The van der Waals surface area contributed by atoms with E-state index in [1.807, 2.05) is 26.0 Å². The van der Waals surface area contributed by atoms with E-state index in [1.54, 1.807) is 0 Å². The SMILES string of the molecule is CC(C)OC1=CC(N)(C2CCN(C)CC2)C=CC1N. The van der Waals surface area contributed by atoms with Gasteiger partial charge < -0.3 is 21.1 Å². The van der Waals surface area contributed by atoms with Crippen LogP contribution in [0.25, 0.3) is 0 Å². The van der Waals surface area contributed by atoms with Gasteiger partial charge in [0.1, 0.15) is 5.76 Å². The molecular formula is C15H27N3O. The van der Waals surface area contributed by atoms with Gasteiger partial charge in [0, 0.05) is 0 Å². The van der Waals surface area contributed by atoms with Crippen molar-refractivity contribution in [3.05, 3.63) is 24.0 Å². The van der Waals surface area contributed by atoms with Gasteiger partial charge in [-0.05, 0) is 58.8 Å². The fourth-order valence-electron chi connectivity index (χ4n) is 2.90. The summed E-state index contributed by atoms with van der Waals surface area (Å²) >= 11 is 0. The maximum atomic E-state index is 6.59. The van der Waals surface area contributed by atoms with Gasteiger partial charge in [0.2, 0.25) is 0 Å². The van der Waals surface area contributed by atoms with Gasteiger partial charge in [-0.2, -0.15) is 0 Å². The summed E-state index contributed by atoms with van der Waals surface area (Å²) in [5.41, 5.74) is 12.2. The number of hydrogen-bond donors (Lipinski definition) is 2. The number of ether oxygens (including phenoxy) is 1. The molecule has 2 unspecified atom stereocenters. The lowest BCUT2D eigenvalue weighted by Crippen LogP contribution is -2.50. The van der Waals surface area contributed by atoms with Crippen molar-refractivity contribution in [1.29, 1.82) is 0 Å². The van der Waals surface area contributed by atoms with E-state index in [1.165, 1.54) is 0 Å². The van der Waals surface area contributed by atoms with E-state index in [-0.39, 0.29) is 12.1 Å². The summed E-state index contributed by atoms with van der Waals surface area (Å²) < 4.78 is 5.81. The topological polar surface area (TPSA) is 64.5 Å². The molecule has 2 rings (SSSR count). The van der Waals surface area contributed by atoms with E-state index < -0.39 is 5.54 Å². The van der Waals surface area contributed by atoms with E-state index in [0.717, 1.165) is 31.7 Å². The molecule has 0 saturated carbocycles. The average molecular weight is 265 g/mol. The van der Waals surface area contributed by atoms with Crippen molar-refractivity contribution in [2.24, 2.45) is 17.4 Å². The molecule has 4 heteroatoms. The van der Waals surface area contributed by atoms with E-state index in [9.17, 15) is 0 Å². The van der Waals surface area contributed by atoms with Crippen molar-refractivity contribution in [3.8, 4) is 0 Å². The third-order valence-electron chi connectivity index (χ3n) is 4.11.